The van der Waals surface area contributed by atoms with Crippen molar-refractivity contribution >= 4 is 0 Å². The number of nitrogens with two attached hydrogens (primary N) is 1. The van der Waals surface area contributed by atoms with Crippen LogP contribution in [0.3, 0.4) is 0 Å². The Morgan fingerprint density at radius 3 is 2.56 bits per heavy atom. The molecule has 0 aliphatic rings. The molecular weight excluding hydrogens is 231 g/mol. The minimum absolute atomic E-state index is 0.212. The first-order valence-corrected chi connectivity index (χ1v) is 5.96. The lowest BCUT2D eigenvalue weighted by molar-refractivity contribution is 0.503. The molecule has 1 aromatic heterocycles. The molecule has 0 aliphatic heterocycles. The monoisotopic (exact) mass is 248 g/mol. The van der Waals surface area contributed by atoms with Gasteiger partial charge in [-0.15, -0.1) is 0 Å². The maximum Gasteiger partial charge on any atom is 0.138 e. The highest BCUT2D eigenvalue weighted by Gasteiger charge is 2.12. The highest BCUT2D eigenvalue weighted by Crippen LogP contribution is 2.13. The lowest BCUT2D eigenvalue weighted by Crippen LogP contribution is -2.21. The van der Waals surface area contributed by atoms with Gasteiger partial charge in [-0.05, 0) is 36.6 Å². The summed E-state index contributed by atoms with van der Waals surface area (Å²) >= 11 is 0. The summed E-state index contributed by atoms with van der Waals surface area (Å²) in [6, 6.07) is 6.56. The van der Waals surface area contributed by atoms with Crippen LogP contribution in [0.5, 0.6) is 0 Å². The van der Waals surface area contributed by atoms with Gasteiger partial charge in [0.2, 0.25) is 0 Å². The van der Waals surface area contributed by atoms with Gasteiger partial charge in [-0.3, -0.25) is 4.68 Å². The van der Waals surface area contributed by atoms with Gasteiger partial charge in [0.1, 0.15) is 18.0 Å². The molecule has 0 aliphatic carbocycles. The van der Waals surface area contributed by atoms with Crippen LogP contribution in [0.15, 0.2) is 30.6 Å². The Bertz CT molecular complexity index is 492. The summed E-state index contributed by atoms with van der Waals surface area (Å²) < 4.78 is 14.6. The number of aromatic nitrogens is 3. The average Bonchev–Trinajstić information content (AvgIpc) is 2.77. The van der Waals surface area contributed by atoms with Gasteiger partial charge in [0, 0.05) is 13.5 Å². The first-order valence-electron chi connectivity index (χ1n) is 5.96. The number of nitrogens with zero attached hydrogens (tertiary/aromatic N) is 3. The molecule has 96 valence electrons. The van der Waals surface area contributed by atoms with Gasteiger partial charge < -0.3 is 5.73 Å². The Hall–Kier alpha value is -1.75. The zero-order valence-electron chi connectivity index (χ0n) is 10.4. The Morgan fingerprint density at radius 1 is 1.28 bits per heavy atom. The van der Waals surface area contributed by atoms with Crippen LogP contribution in [-0.2, 0) is 19.9 Å². The minimum Gasteiger partial charge on any atom is -0.330 e. The molecule has 0 radical (unpaired) electrons. The fourth-order valence-corrected chi connectivity index (χ4v) is 1.96. The molecule has 0 fully saturated rings. The second-order valence-electron chi connectivity index (χ2n) is 4.44. The third-order valence-electron chi connectivity index (χ3n) is 3.05. The maximum absolute atomic E-state index is 12.8. The second kappa shape index (κ2) is 5.73. The van der Waals surface area contributed by atoms with Crippen molar-refractivity contribution in [2.75, 3.05) is 6.54 Å². The smallest absolute Gasteiger partial charge is 0.138 e. The van der Waals surface area contributed by atoms with Gasteiger partial charge >= 0.3 is 0 Å². The van der Waals surface area contributed by atoms with Crippen molar-refractivity contribution in [1.82, 2.24) is 14.8 Å². The zero-order chi connectivity index (χ0) is 13.0. The summed E-state index contributed by atoms with van der Waals surface area (Å²) in [4.78, 5) is 4.20. The van der Waals surface area contributed by atoms with Crippen LogP contribution in [0.4, 0.5) is 4.39 Å². The molecule has 0 saturated carbocycles. The van der Waals surface area contributed by atoms with Crippen molar-refractivity contribution in [3.63, 3.8) is 0 Å². The predicted molar refractivity (Wildman–Crippen MR) is 67.4 cm³/mol. The number of hydrogen-bond acceptors (Lipinski definition) is 3. The van der Waals surface area contributed by atoms with Gasteiger partial charge in [0.25, 0.3) is 0 Å². The van der Waals surface area contributed by atoms with Crippen LogP contribution < -0.4 is 5.73 Å². The summed E-state index contributed by atoms with van der Waals surface area (Å²) in [6.07, 6.45) is 3.15. The van der Waals surface area contributed by atoms with Crippen molar-refractivity contribution in [2.45, 2.75) is 12.8 Å². The summed E-state index contributed by atoms with van der Waals surface area (Å²) in [5.74, 6) is 1.00. The highest BCUT2D eigenvalue weighted by molar-refractivity contribution is 5.17. The van der Waals surface area contributed by atoms with Gasteiger partial charge in [0.15, 0.2) is 0 Å². The van der Waals surface area contributed by atoms with Crippen molar-refractivity contribution in [1.29, 1.82) is 0 Å². The lowest BCUT2D eigenvalue weighted by Gasteiger charge is -2.14. The van der Waals surface area contributed by atoms with Crippen molar-refractivity contribution in [2.24, 2.45) is 18.7 Å². The van der Waals surface area contributed by atoms with E-state index in [9.17, 15) is 4.39 Å². The maximum atomic E-state index is 12.8. The molecule has 4 nitrogen and oxygen atoms in total. The van der Waals surface area contributed by atoms with Gasteiger partial charge in [-0.25, -0.2) is 9.37 Å². The van der Waals surface area contributed by atoms with Crippen LogP contribution in [0, 0.1) is 11.7 Å². The summed E-state index contributed by atoms with van der Waals surface area (Å²) in [6.45, 7) is 0.574. The molecule has 1 heterocycles. The van der Waals surface area contributed by atoms with E-state index >= 15 is 0 Å². The van der Waals surface area contributed by atoms with E-state index in [0.717, 1.165) is 24.2 Å². The Morgan fingerprint density at radius 2 is 2.00 bits per heavy atom. The van der Waals surface area contributed by atoms with E-state index in [1.54, 1.807) is 23.1 Å². The van der Waals surface area contributed by atoms with E-state index in [4.69, 9.17) is 5.73 Å². The first-order chi connectivity index (χ1) is 8.69. The van der Waals surface area contributed by atoms with Crippen LogP contribution in [0.2, 0.25) is 0 Å². The second-order valence-corrected chi connectivity index (χ2v) is 4.44. The summed E-state index contributed by atoms with van der Waals surface area (Å²) in [5.41, 5.74) is 6.88. The standard InChI is InChI=1S/C13H17FN4/c1-18-13(16-9-17-18)7-11(8-15)6-10-2-4-12(14)5-3-10/h2-5,9,11H,6-8,15H2,1H3. The average molecular weight is 248 g/mol. The molecule has 1 atom stereocenters. The Balaban J connectivity index is 2.01. The van der Waals surface area contributed by atoms with Crippen molar-refractivity contribution in [3.8, 4) is 0 Å². The van der Waals surface area contributed by atoms with E-state index in [2.05, 4.69) is 10.1 Å². The molecule has 1 aromatic carbocycles. The van der Waals surface area contributed by atoms with E-state index in [1.807, 2.05) is 7.05 Å². The largest absolute Gasteiger partial charge is 0.330 e. The minimum atomic E-state index is -0.212. The van der Waals surface area contributed by atoms with Crippen molar-refractivity contribution < 1.29 is 4.39 Å². The Labute approximate surface area is 106 Å². The normalized spacial score (nSPS) is 12.6. The molecule has 2 rings (SSSR count). The fraction of sp³-hybridized carbons (Fsp3) is 0.385. The molecule has 0 bridgehead atoms. The first kappa shape index (κ1) is 12.7. The van der Waals surface area contributed by atoms with Crippen LogP contribution in [0.1, 0.15) is 11.4 Å². The Kier molecular flexibility index (Phi) is 4.04. The van der Waals surface area contributed by atoms with Crippen LogP contribution in [-0.4, -0.2) is 21.3 Å². The van der Waals surface area contributed by atoms with Gasteiger partial charge in [-0.2, -0.15) is 5.10 Å². The third kappa shape index (κ3) is 3.13. The molecular formula is C13H17FN4. The number of halogens is 1. The number of benzene rings is 1. The molecule has 2 aromatic rings. The molecule has 5 heteroatoms. The molecule has 18 heavy (non-hydrogen) atoms. The van der Waals surface area contributed by atoms with Gasteiger partial charge in [-0.1, -0.05) is 12.1 Å². The van der Waals surface area contributed by atoms with E-state index in [0.29, 0.717) is 12.5 Å². The quantitative estimate of drug-likeness (QED) is 0.868. The number of rotatable bonds is 5. The zero-order valence-corrected chi connectivity index (χ0v) is 10.4. The number of hydrogen-bond donors (Lipinski definition) is 1. The molecule has 1 unspecified atom stereocenters. The predicted octanol–water partition coefficient (Wildman–Crippen LogP) is 1.31. The lowest BCUT2D eigenvalue weighted by atomic mass is 9.96. The SMILES string of the molecule is Cn1ncnc1CC(CN)Cc1ccc(F)cc1. The fourth-order valence-electron chi connectivity index (χ4n) is 1.96. The van der Waals surface area contributed by atoms with Crippen molar-refractivity contribution in [3.05, 3.63) is 47.8 Å². The van der Waals surface area contributed by atoms with E-state index < -0.39 is 0 Å². The van der Waals surface area contributed by atoms with Crippen LogP contribution in [0.25, 0.3) is 0 Å². The molecule has 0 saturated heterocycles. The van der Waals surface area contributed by atoms with Crippen LogP contribution >= 0.6 is 0 Å². The third-order valence-corrected chi connectivity index (χ3v) is 3.05. The summed E-state index contributed by atoms with van der Waals surface area (Å²) in [5, 5.41) is 4.04. The summed E-state index contributed by atoms with van der Waals surface area (Å²) in [7, 11) is 1.87. The van der Waals surface area contributed by atoms with E-state index in [-0.39, 0.29) is 5.82 Å². The topological polar surface area (TPSA) is 56.7 Å². The molecule has 0 amide bonds. The molecule has 0 spiro atoms. The highest BCUT2D eigenvalue weighted by atomic mass is 19.1. The molecule has 2 N–H and O–H groups in total. The van der Waals surface area contributed by atoms with E-state index in [1.165, 1.54) is 12.1 Å². The number of aryl methyl sites for hydroxylation is 1. The van der Waals surface area contributed by atoms with Gasteiger partial charge in [0.05, 0.1) is 0 Å².